The van der Waals surface area contributed by atoms with Crippen molar-refractivity contribution < 1.29 is 22.7 Å². The van der Waals surface area contributed by atoms with Crippen LogP contribution in [0.15, 0.2) is 36.5 Å². The number of anilines is 2. The van der Waals surface area contributed by atoms with E-state index in [9.17, 15) is 18.0 Å². The van der Waals surface area contributed by atoms with Crippen molar-refractivity contribution >= 4 is 34.9 Å². The van der Waals surface area contributed by atoms with Crippen molar-refractivity contribution in [3.63, 3.8) is 0 Å². The second-order valence-corrected chi connectivity index (χ2v) is 8.12. The van der Waals surface area contributed by atoms with E-state index in [1.165, 1.54) is 42.6 Å². The molecule has 2 bridgehead atoms. The quantitative estimate of drug-likeness (QED) is 0.548. The number of hydrogen-bond donors (Lipinski definition) is 2. The Hall–Kier alpha value is -3.80. The minimum Gasteiger partial charge on any atom is -0.406 e. The van der Waals surface area contributed by atoms with Gasteiger partial charge < -0.3 is 20.3 Å². The molecular weight excluding hydrogens is 451 g/mol. The van der Waals surface area contributed by atoms with E-state index < -0.39 is 12.3 Å². The highest BCUT2D eigenvalue weighted by Gasteiger charge is 2.39. The predicted molar refractivity (Wildman–Crippen MR) is 118 cm³/mol. The molecule has 2 unspecified atom stereocenters. The number of rotatable bonds is 5. The number of aryl methyl sites for hydroxylation is 1. The molecule has 1 amide bonds. The van der Waals surface area contributed by atoms with Crippen LogP contribution in [0.3, 0.4) is 0 Å². The van der Waals surface area contributed by atoms with Crippen LogP contribution in [0.25, 0.3) is 17.2 Å². The van der Waals surface area contributed by atoms with E-state index in [1.807, 2.05) is 6.92 Å². The third-order valence-corrected chi connectivity index (χ3v) is 5.68. The number of ether oxygens (including phenoxy) is 1. The van der Waals surface area contributed by atoms with Crippen LogP contribution >= 0.6 is 0 Å². The summed E-state index contributed by atoms with van der Waals surface area (Å²) < 4.78 is 40.5. The maximum atomic E-state index is 12.3. The minimum atomic E-state index is -4.76. The van der Waals surface area contributed by atoms with E-state index >= 15 is 0 Å². The van der Waals surface area contributed by atoms with E-state index in [2.05, 4.69) is 40.2 Å². The molecule has 2 fully saturated rings. The van der Waals surface area contributed by atoms with E-state index in [4.69, 9.17) is 0 Å². The van der Waals surface area contributed by atoms with Crippen LogP contribution in [-0.4, -0.2) is 57.4 Å². The zero-order chi connectivity index (χ0) is 23.9. The second kappa shape index (κ2) is 8.52. The molecule has 2 N–H and O–H groups in total. The molecule has 9 nitrogen and oxygen atoms in total. The van der Waals surface area contributed by atoms with Gasteiger partial charge in [0.25, 0.3) is 0 Å². The summed E-state index contributed by atoms with van der Waals surface area (Å²) in [5, 5.41) is 6.07. The molecule has 4 heterocycles. The largest absolute Gasteiger partial charge is 0.573 e. The molecule has 3 aromatic rings. The van der Waals surface area contributed by atoms with Gasteiger partial charge in [-0.2, -0.15) is 4.98 Å². The van der Waals surface area contributed by atoms with Crippen molar-refractivity contribution in [2.24, 2.45) is 0 Å². The van der Waals surface area contributed by atoms with Crippen molar-refractivity contribution in [2.45, 2.75) is 31.8 Å². The van der Waals surface area contributed by atoms with Crippen molar-refractivity contribution in [3.05, 3.63) is 47.8 Å². The summed E-state index contributed by atoms with van der Waals surface area (Å²) in [6, 6.07) is 5.99. The Morgan fingerprint density at radius 1 is 1.24 bits per heavy atom. The third kappa shape index (κ3) is 4.76. The lowest BCUT2D eigenvalue weighted by Gasteiger charge is -2.27. The van der Waals surface area contributed by atoms with Crippen LogP contribution < -0.4 is 20.3 Å². The molecule has 1 aromatic carbocycles. The zero-order valence-electron chi connectivity index (χ0n) is 18.0. The number of benzene rings is 1. The van der Waals surface area contributed by atoms with Crippen LogP contribution in [0.5, 0.6) is 5.75 Å². The minimum absolute atomic E-state index is 0.236. The van der Waals surface area contributed by atoms with Gasteiger partial charge in [0.2, 0.25) is 11.9 Å². The summed E-state index contributed by atoms with van der Waals surface area (Å²) in [4.78, 5) is 32.4. The number of amides is 1. The number of piperazine rings is 1. The molecular formula is C22H20F3N7O2. The third-order valence-electron chi connectivity index (χ3n) is 5.68. The average molecular weight is 471 g/mol. The topological polar surface area (TPSA) is 105 Å². The highest BCUT2D eigenvalue weighted by Crippen LogP contribution is 2.28. The van der Waals surface area contributed by atoms with Crippen molar-refractivity contribution in [3.8, 4) is 5.75 Å². The molecule has 0 aliphatic carbocycles. The smallest absolute Gasteiger partial charge is 0.406 e. The van der Waals surface area contributed by atoms with Gasteiger partial charge in [-0.05, 0) is 37.1 Å². The normalized spacial score (nSPS) is 19.8. The molecule has 2 saturated heterocycles. The summed E-state index contributed by atoms with van der Waals surface area (Å²) in [6.07, 6.45) is 0.449. The number of nitrogens with zero attached hydrogens (tertiary/aromatic N) is 5. The summed E-state index contributed by atoms with van der Waals surface area (Å²) in [5.41, 5.74) is 2.13. The fourth-order valence-corrected chi connectivity index (χ4v) is 4.14. The lowest BCUT2D eigenvalue weighted by molar-refractivity contribution is -0.274. The molecule has 2 aliphatic rings. The number of carbonyl (C=O) groups excluding carboxylic acids is 1. The highest BCUT2D eigenvalue weighted by atomic mass is 19.4. The molecule has 176 valence electrons. The van der Waals surface area contributed by atoms with Gasteiger partial charge in [-0.15, -0.1) is 13.2 Å². The Balaban J connectivity index is 1.26. The maximum absolute atomic E-state index is 12.3. The van der Waals surface area contributed by atoms with E-state index in [1.54, 1.807) is 0 Å². The van der Waals surface area contributed by atoms with E-state index in [0.717, 1.165) is 19.5 Å². The number of aromatic nitrogens is 4. The summed E-state index contributed by atoms with van der Waals surface area (Å²) in [7, 11) is 0. The average Bonchev–Trinajstić information content (AvgIpc) is 3.42. The van der Waals surface area contributed by atoms with Crippen molar-refractivity contribution in [2.75, 3.05) is 23.3 Å². The lowest BCUT2D eigenvalue weighted by atomic mass is 10.2. The number of hydrogen-bond acceptors (Lipinski definition) is 8. The number of fused-ring (bicyclic) bond motifs is 3. The Bertz CT molecular complexity index is 1260. The van der Waals surface area contributed by atoms with Crippen LogP contribution in [0.1, 0.15) is 17.7 Å². The van der Waals surface area contributed by atoms with Crippen LogP contribution in [-0.2, 0) is 4.79 Å². The standard InChI is InChI=1S/C22H20F3N7O2/c1-12-19-20(31-21(28-12)32-11-14-8-15(32)9-26-14)27-10-17(30-19)29-18(33)7-4-13-2-5-16(6-3-13)34-22(23,24)25/h2-7,10,14-15,26H,8-9,11H2,1H3,(H,29,30,33). The van der Waals surface area contributed by atoms with Gasteiger partial charge in [0, 0.05) is 31.2 Å². The fourth-order valence-electron chi connectivity index (χ4n) is 4.14. The molecule has 5 rings (SSSR count). The highest BCUT2D eigenvalue weighted by molar-refractivity contribution is 6.01. The monoisotopic (exact) mass is 471 g/mol. The number of alkyl halides is 3. The van der Waals surface area contributed by atoms with Crippen LogP contribution in [0.4, 0.5) is 24.9 Å². The van der Waals surface area contributed by atoms with E-state index in [0.29, 0.717) is 40.5 Å². The maximum Gasteiger partial charge on any atom is 0.573 e. The molecule has 2 aliphatic heterocycles. The summed E-state index contributed by atoms with van der Waals surface area (Å²) in [5.74, 6) is 0.0647. The van der Waals surface area contributed by atoms with Gasteiger partial charge in [0.1, 0.15) is 11.3 Å². The molecule has 0 spiro atoms. The van der Waals surface area contributed by atoms with Gasteiger partial charge in [-0.1, -0.05) is 12.1 Å². The first kappa shape index (κ1) is 22.0. The second-order valence-electron chi connectivity index (χ2n) is 8.12. The van der Waals surface area contributed by atoms with Crippen molar-refractivity contribution in [1.82, 2.24) is 25.3 Å². The molecule has 12 heteroatoms. The first-order chi connectivity index (χ1) is 16.2. The number of halogens is 3. The van der Waals surface area contributed by atoms with Gasteiger partial charge in [-0.25, -0.2) is 15.0 Å². The van der Waals surface area contributed by atoms with Crippen LogP contribution in [0.2, 0.25) is 0 Å². The SMILES string of the molecule is Cc1nc(N2CC3CC2CN3)nc2ncc(NC(=O)C=Cc3ccc(OC(F)(F)F)cc3)nc12. The Morgan fingerprint density at radius 2 is 2.03 bits per heavy atom. The van der Waals surface area contributed by atoms with Gasteiger partial charge in [-0.3, -0.25) is 4.79 Å². The van der Waals surface area contributed by atoms with E-state index in [-0.39, 0.29) is 11.6 Å². The van der Waals surface area contributed by atoms with Crippen LogP contribution in [0, 0.1) is 6.92 Å². The van der Waals surface area contributed by atoms with Gasteiger partial charge in [0.15, 0.2) is 11.5 Å². The first-order valence-corrected chi connectivity index (χ1v) is 10.6. The van der Waals surface area contributed by atoms with Crippen molar-refractivity contribution in [1.29, 1.82) is 0 Å². The number of nitrogens with one attached hydrogen (secondary N) is 2. The molecule has 34 heavy (non-hydrogen) atoms. The fraction of sp³-hybridized carbons (Fsp3) is 0.318. The summed E-state index contributed by atoms with van der Waals surface area (Å²) in [6.45, 7) is 3.61. The Labute approximate surface area is 192 Å². The molecule has 0 saturated carbocycles. The summed E-state index contributed by atoms with van der Waals surface area (Å²) >= 11 is 0. The molecule has 2 aromatic heterocycles. The first-order valence-electron chi connectivity index (χ1n) is 10.6. The van der Waals surface area contributed by atoms with Gasteiger partial charge in [0.05, 0.1) is 11.9 Å². The van der Waals surface area contributed by atoms with Gasteiger partial charge >= 0.3 is 6.36 Å². The molecule has 0 radical (unpaired) electrons. The Morgan fingerprint density at radius 3 is 2.71 bits per heavy atom. The lowest BCUT2D eigenvalue weighted by Crippen LogP contribution is -2.44. The molecule has 2 atom stereocenters. The zero-order valence-corrected chi connectivity index (χ0v) is 18.0. The predicted octanol–water partition coefficient (Wildman–Crippen LogP) is 2.83. The Kier molecular flexibility index (Phi) is 5.52. The number of carbonyl (C=O) groups is 1.